The van der Waals surface area contributed by atoms with Crippen LogP contribution >= 0.6 is 11.6 Å². The van der Waals surface area contributed by atoms with Gasteiger partial charge in [0.2, 0.25) is 0 Å². The van der Waals surface area contributed by atoms with Crippen LogP contribution in [-0.4, -0.2) is 22.0 Å². The molecule has 0 saturated heterocycles. The van der Waals surface area contributed by atoms with E-state index in [9.17, 15) is 9.90 Å². The molecule has 1 unspecified atom stereocenters. The molecule has 0 spiro atoms. The van der Waals surface area contributed by atoms with E-state index in [1.165, 1.54) is 6.08 Å². The van der Waals surface area contributed by atoms with Crippen molar-refractivity contribution >= 4 is 34.4 Å². The number of halogens is 1. The highest BCUT2D eigenvalue weighted by Crippen LogP contribution is 2.24. The molecule has 0 aliphatic heterocycles. The molecule has 4 heteroatoms. The molecule has 1 N–H and O–H groups in total. The first-order valence-electron chi connectivity index (χ1n) is 5.16. The average molecular weight is 246 g/mol. The van der Waals surface area contributed by atoms with E-state index in [1.807, 2.05) is 0 Å². The number of hydrogen-bond donors (Lipinski definition) is 1. The van der Waals surface area contributed by atoms with E-state index in [-0.39, 0.29) is 5.78 Å². The summed E-state index contributed by atoms with van der Waals surface area (Å²) in [6, 6.07) is 7.04. The molecular weight excluding hydrogens is 238 g/mol. The first kappa shape index (κ1) is 10.4. The maximum atomic E-state index is 11.8. The van der Waals surface area contributed by atoms with Gasteiger partial charge in [-0.3, -0.25) is 4.79 Å². The van der Waals surface area contributed by atoms with Crippen LogP contribution in [0.3, 0.4) is 0 Å². The van der Waals surface area contributed by atoms with Gasteiger partial charge in [0.1, 0.15) is 6.10 Å². The van der Waals surface area contributed by atoms with Crippen LogP contribution in [0, 0.1) is 0 Å². The highest BCUT2D eigenvalue weighted by molar-refractivity contribution is 6.31. The number of aromatic nitrogens is 1. The molecule has 1 heterocycles. The zero-order chi connectivity index (χ0) is 12.0. The Bertz CT molecular complexity index is 664. The zero-order valence-electron chi connectivity index (χ0n) is 8.72. The molecule has 2 aromatic rings. The number of pyridine rings is 1. The number of Topliss-reactive ketones (excluding diaryl/α,β-unsaturated/α-hetero) is 1. The van der Waals surface area contributed by atoms with Crippen LogP contribution in [0.1, 0.15) is 16.1 Å². The van der Waals surface area contributed by atoms with Gasteiger partial charge in [0.05, 0.1) is 11.2 Å². The normalized spacial score (nSPS) is 18.5. The molecule has 1 aromatic carbocycles. The fraction of sp³-hybridized carbons (Fsp3) is 0.0769. The van der Waals surface area contributed by atoms with Gasteiger partial charge in [-0.25, -0.2) is 4.98 Å². The van der Waals surface area contributed by atoms with Crippen molar-refractivity contribution in [3.8, 4) is 0 Å². The van der Waals surface area contributed by atoms with Crippen molar-refractivity contribution in [3.63, 3.8) is 0 Å². The smallest absolute Gasteiger partial charge is 0.197 e. The van der Waals surface area contributed by atoms with Gasteiger partial charge in [0.25, 0.3) is 0 Å². The molecule has 17 heavy (non-hydrogen) atoms. The van der Waals surface area contributed by atoms with Gasteiger partial charge < -0.3 is 5.11 Å². The number of hydrogen-bond acceptors (Lipinski definition) is 3. The van der Waals surface area contributed by atoms with E-state index < -0.39 is 6.10 Å². The van der Waals surface area contributed by atoms with Crippen LogP contribution in [0.5, 0.6) is 0 Å². The first-order chi connectivity index (χ1) is 8.15. The molecule has 84 valence electrons. The lowest BCUT2D eigenvalue weighted by molar-refractivity contribution is 0.0818. The highest BCUT2D eigenvalue weighted by atomic mass is 35.5. The summed E-state index contributed by atoms with van der Waals surface area (Å²) in [6.45, 7) is 0. The van der Waals surface area contributed by atoms with Crippen LogP contribution in [-0.2, 0) is 0 Å². The topological polar surface area (TPSA) is 50.2 Å². The van der Waals surface area contributed by atoms with E-state index in [0.29, 0.717) is 16.3 Å². The molecule has 3 rings (SSSR count). The summed E-state index contributed by atoms with van der Waals surface area (Å²) in [5.41, 5.74) is 1.81. The molecule has 0 bridgehead atoms. The Balaban J connectivity index is 2.32. The number of aliphatic hydroxyl groups excluding tert-OH is 1. The number of carbonyl (C=O) groups excluding carboxylic acids is 1. The Hall–Kier alpha value is -1.71. The van der Waals surface area contributed by atoms with Crippen LogP contribution in [0.4, 0.5) is 0 Å². The number of fused-ring (bicyclic) bond motifs is 2. The number of ketones is 1. The lowest BCUT2D eigenvalue weighted by Gasteiger charge is -2.13. The van der Waals surface area contributed by atoms with E-state index >= 15 is 0 Å². The lowest BCUT2D eigenvalue weighted by atomic mass is 9.97. The van der Waals surface area contributed by atoms with Gasteiger partial charge in [-0.2, -0.15) is 0 Å². The van der Waals surface area contributed by atoms with Gasteiger partial charge in [-0.1, -0.05) is 11.6 Å². The second-order valence-corrected chi connectivity index (χ2v) is 4.36. The Kier molecular flexibility index (Phi) is 2.24. The number of aliphatic hydroxyl groups is 1. The SMILES string of the molecule is O=C1c2cc3cc(Cl)ccc3nc2C=CC1O. The summed E-state index contributed by atoms with van der Waals surface area (Å²) in [6.07, 6.45) is 2.04. The van der Waals surface area contributed by atoms with Crippen molar-refractivity contribution in [2.45, 2.75) is 6.10 Å². The standard InChI is InChI=1S/C13H8ClNO2/c14-8-1-2-10-7(5-8)6-9-11(15-10)3-4-12(16)13(9)17/h1-6,12,16H. The Morgan fingerprint density at radius 2 is 2.12 bits per heavy atom. The summed E-state index contributed by atoms with van der Waals surface area (Å²) >= 11 is 5.89. The number of carbonyl (C=O) groups is 1. The van der Waals surface area contributed by atoms with Crippen molar-refractivity contribution in [1.29, 1.82) is 0 Å². The molecule has 0 fully saturated rings. The predicted octanol–water partition coefficient (Wildman–Crippen LogP) is 2.46. The van der Waals surface area contributed by atoms with Crippen molar-refractivity contribution in [2.24, 2.45) is 0 Å². The van der Waals surface area contributed by atoms with Gasteiger partial charge >= 0.3 is 0 Å². The van der Waals surface area contributed by atoms with Crippen LogP contribution in [0.15, 0.2) is 30.3 Å². The third kappa shape index (κ3) is 1.64. The first-order valence-corrected chi connectivity index (χ1v) is 5.54. The predicted molar refractivity (Wildman–Crippen MR) is 66.1 cm³/mol. The quantitative estimate of drug-likeness (QED) is 0.776. The molecule has 0 saturated carbocycles. The van der Waals surface area contributed by atoms with Crippen LogP contribution < -0.4 is 0 Å². The van der Waals surface area contributed by atoms with E-state index in [2.05, 4.69) is 4.98 Å². The Morgan fingerprint density at radius 3 is 2.94 bits per heavy atom. The Morgan fingerprint density at radius 1 is 1.29 bits per heavy atom. The molecule has 1 atom stereocenters. The fourth-order valence-electron chi connectivity index (χ4n) is 1.92. The lowest BCUT2D eigenvalue weighted by Crippen LogP contribution is -2.22. The van der Waals surface area contributed by atoms with Gasteiger partial charge in [0.15, 0.2) is 5.78 Å². The van der Waals surface area contributed by atoms with Crippen molar-refractivity contribution in [2.75, 3.05) is 0 Å². The van der Waals surface area contributed by atoms with Crippen molar-refractivity contribution in [3.05, 3.63) is 46.6 Å². The van der Waals surface area contributed by atoms with E-state index in [0.717, 1.165) is 10.9 Å². The summed E-state index contributed by atoms with van der Waals surface area (Å²) in [5, 5.41) is 10.9. The molecule has 0 radical (unpaired) electrons. The van der Waals surface area contributed by atoms with Crippen molar-refractivity contribution in [1.82, 2.24) is 4.98 Å². The number of nitrogens with zero attached hydrogens (tertiary/aromatic N) is 1. The number of benzene rings is 1. The summed E-state index contributed by atoms with van der Waals surface area (Å²) in [4.78, 5) is 16.1. The Labute approximate surface area is 102 Å². The molecule has 0 amide bonds. The second kappa shape index (κ2) is 3.65. The van der Waals surface area contributed by atoms with Crippen LogP contribution in [0.2, 0.25) is 5.02 Å². The van der Waals surface area contributed by atoms with E-state index in [4.69, 9.17) is 11.6 Å². The summed E-state index contributed by atoms with van der Waals surface area (Å²) < 4.78 is 0. The molecule has 3 nitrogen and oxygen atoms in total. The third-order valence-electron chi connectivity index (χ3n) is 2.78. The zero-order valence-corrected chi connectivity index (χ0v) is 9.48. The van der Waals surface area contributed by atoms with Crippen LogP contribution in [0.25, 0.3) is 17.0 Å². The monoisotopic (exact) mass is 245 g/mol. The molecular formula is C13H8ClNO2. The minimum Gasteiger partial charge on any atom is -0.381 e. The molecule has 1 aromatic heterocycles. The minimum atomic E-state index is -1.07. The second-order valence-electron chi connectivity index (χ2n) is 3.93. The van der Waals surface area contributed by atoms with E-state index in [1.54, 1.807) is 30.3 Å². The largest absolute Gasteiger partial charge is 0.381 e. The minimum absolute atomic E-state index is 0.322. The maximum Gasteiger partial charge on any atom is 0.197 e. The van der Waals surface area contributed by atoms with Crippen molar-refractivity contribution < 1.29 is 9.90 Å². The van der Waals surface area contributed by atoms with Gasteiger partial charge in [-0.05, 0) is 36.4 Å². The summed E-state index contributed by atoms with van der Waals surface area (Å²) in [7, 11) is 0. The van der Waals surface area contributed by atoms with Gasteiger partial charge in [0, 0.05) is 16.0 Å². The molecule has 1 aliphatic carbocycles. The molecule has 1 aliphatic rings. The maximum absolute atomic E-state index is 11.8. The highest BCUT2D eigenvalue weighted by Gasteiger charge is 2.22. The number of rotatable bonds is 0. The average Bonchev–Trinajstić information content (AvgIpc) is 2.32. The fourth-order valence-corrected chi connectivity index (χ4v) is 2.10. The third-order valence-corrected chi connectivity index (χ3v) is 3.01. The summed E-state index contributed by atoms with van der Waals surface area (Å²) in [5.74, 6) is -0.322. The van der Waals surface area contributed by atoms with Gasteiger partial charge in [-0.15, -0.1) is 0 Å².